The molecule has 3 heteroatoms. The van der Waals surface area contributed by atoms with Gasteiger partial charge in [0, 0.05) is 6.54 Å². The van der Waals surface area contributed by atoms with Gasteiger partial charge in [-0.25, -0.2) is 0 Å². The Hall–Kier alpha value is -1.35. The molecule has 118 valence electrons. The zero-order chi connectivity index (χ0) is 16.0. The minimum Gasteiger partial charge on any atom is -0.481 e. The van der Waals surface area contributed by atoms with E-state index in [2.05, 4.69) is 33.0 Å². The third-order valence-electron chi connectivity index (χ3n) is 4.27. The standard InChI is InChI=1S/C18H29NO2/c1-12(2)17(13(3)4)11-19-10-15-6-8-16(9-7-15)14(5)18(20)21/h6-9,12-14,17,19H,10-11H2,1-5H3,(H,20,21). The molecule has 0 amide bonds. The number of hydrogen-bond donors (Lipinski definition) is 2. The number of carboxylic acids is 1. The molecule has 0 aliphatic rings. The van der Waals surface area contributed by atoms with Crippen LogP contribution in [0.2, 0.25) is 0 Å². The molecule has 0 bridgehead atoms. The van der Waals surface area contributed by atoms with Crippen molar-refractivity contribution in [2.24, 2.45) is 17.8 Å². The molecule has 1 aromatic rings. The van der Waals surface area contributed by atoms with Crippen LogP contribution in [0.4, 0.5) is 0 Å². The Labute approximate surface area is 128 Å². The van der Waals surface area contributed by atoms with Gasteiger partial charge in [-0.2, -0.15) is 0 Å². The van der Waals surface area contributed by atoms with Crippen LogP contribution in [0.15, 0.2) is 24.3 Å². The summed E-state index contributed by atoms with van der Waals surface area (Å²) >= 11 is 0. The van der Waals surface area contributed by atoms with Gasteiger partial charge in [0.05, 0.1) is 5.92 Å². The molecule has 0 saturated carbocycles. The molecule has 2 N–H and O–H groups in total. The van der Waals surface area contributed by atoms with E-state index >= 15 is 0 Å². The van der Waals surface area contributed by atoms with Crippen molar-refractivity contribution in [3.63, 3.8) is 0 Å². The smallest absolute Gasteiger partial charge is 0.310 e. The van der Waals surface area contributed by atoms with Crippen LogP contribution in [0.5, 0.6) is 0 Å². The van der Waals surface area contributed by atoms with E-state index in [-0.39, 0.29) is 0 Å². The second-order valence-electron chi connectivity index (χ2n) is 6.58. The summed E-state index contributed by atoms with van der Waals surface area (Å²) in [5, 5.41) is 12.5. The minimum absolute atomic E-state index is 0.446. The zero-order valence-corrected chi connectivity index (χ0v) is 13.9. The van der Waals surface area contributed by atoms with Gasteiger partial charge >= 0.3 is 5.97 Å². The third kappa shape index (κ3) is 5.50. The number of aliphatic carboxylic acids is 1. The largest absolute Gasteiger partial charge is 0.481 e. The topological polar surface area (TPSA) is 49.3 Å². The van der Waals surface area contributed by atoms with Crippen LogP contribution in [0.3, 0.4) is 0 Å². The van der Waals surface area contributed by atoms with Crippen molar-refractivity contribution < 1.29 is 9.90 Å². The Morgan fingerprint density at radius 2 is 1.57 bits per heavy atom. The normalized spacial score (nSPS) is 13.1. The molecule has 3 nitrogen and oxygen atoms in total. The summed E-state index contributed by atoms with van der Waals surface area (Å²) in [7, 11) is 0. The molecule has 0 aromatic heterocycles. The number of hydrogen-bond acceptors (Lipinski definition) is 2. The highest BCUT2D eigenvalue weighted by molar-refractivity contribution is 5.75. The molecule has 1 unspecified atom stereocenters. The Kier molecular flexibility index (Phi) is 6.90. The molecule has 0 saturated heterocycles. The third-order valence-corrected chi connectivity index (χ3v) is 4.27. The molecule has 21 heavy (non-hydrogen) atoms. The van der Waals surface area contributed by atoms with E-state index in [0.717, 1.165) is 18.7 Å². The van der Waals surface area contributed by atoms with Gasteiger partial charge < -0.3 is 10.4 Å². The lowest BCUT2D eigenvalue weighted by Gasteiger charge is -2.25. The van der Waals surface area contributed by atoms with Gasteiger partial charge in [-0.15, -0.1) is 0 Å². The van der Waals surface area contributed by atoms with Crippen molar-refractivity contribution in [3.05, 3.63) is 35.4 Å². The Morgan fingerprint density at radius 3 is 2.00 bits per heavy atom. The molecule has 1 rings (SSSR count). The monoisotopic (exact) mass is 291 g/mol. The first-order valence-corrected chi connectivity index (χ1v) is 7.85. The van der Waals surface area contributed by atoms with Gasteiger partial charge in [0.1, 0.15) is 0 Å². The number of carboxylic acid groups (broad SMARTS) is 1. The van der Waals surface area contributed by atoms with Crippen molar-refractivity contribution >= 4 is 5.97 Å². The van der Waals surface area contributed by atoms with Crippen LogP contribution in [0, 0.1) is 17.8 Å². The second kappa shape index (κ2) is 8.18. The average Bonchev–Trinajstić information content (AvgIpc) is 2.42. The maximum Gasteiger partial charge on any atom is 0.310 e. The van der Waals surface area contributed by atoms with Crippen molar-refractivity contribution in [1.29, 1.82) is 0 Å². The SMILES string of the molecule is CC(C(=O)O)c1ccc(CNCC(C(C)C)C(C)C)cc1. The summed E-state index contributed by atoms with van der Waals surface area (Å²) in [5.41, 5.74) is 2.05. The van der Waals surface area contributed by atoms with Crippen molar-refractivity contribution in [2.45, 2.75) is 47.1 Å². The maximum absolute atomic E-state index is 10.9. The van der Waals surface area contributed by atoms with E-state index in [1.54, 1.807) is 6.92 Å². The Morgan fingerprint density at radius 1 is 1.05 bits per heavy atom. The molecular weight excluding hydrogens is 262 g/mol. The van der Waals surface area contributed by atoms with E-state index in [0.29, 0.717) is 17.8 Å². The summed E-state index contributed by atoms with van der Waals surface area (Å²) in [4.78, 5) is 10.9. The predicted octanol–water partition coefficient (Wildman–Crippen LogP) is 3.89. The first-order valence-electron chi connectivity index (χ1n) is 7.85. The molecule has 0 aliphatic carbocycles. The maximum atomic E-state index is 10.9. The quantitative estimate of drug-likeness (QED) is 0.764. The van der Waals surface area contributed by atoms with E-state index in [1.165, 1.54) is 5.56 Å². The molecule has 0 aliphatic heterocycles. The molecule has 0 heterocycles. The summed E-state index contributed by atoms with van der Waals surface area (Å²) in [5.74, 6) is 0.805. The second-order valence-corrected chi connectivity index (χ2v) is 6.58. The van der Waals surface area contributed by atoms with Gasteiger partial charge in [-0.1, -0.05) is 52.0 Å². The fourth-order valence-corrected chi connectivity index (χ4v) is 2.69. The van der Waals surface area contributed by atoms with Crippen LogP contribution in [0.25, 0.3) is 0 Å². The lowest BCUT2D eigenvalue weighted by Crippen LogP contribution is -2.29. The van der Waals surface area contributed by atoms with Crippen LogP contribution < -0.4 is 5.32 Å². The lowest BCUT2D eigenvalue weighted by atomic mass is 9.85. The fraction of sp³-hybridized carbons (Fsp3) is 0.611. The van der Waals surface area contributed by atoms with E-state index < -0.39 is 11.9 Å². The van der Waals surface area contributed by atoms with Crippen molar-refractivity contribution in [3.8, 4) is 0 Å². The van der Waals surface area contributed by atoms with E-state index in [4.69, 9.17) is 5.11 Å². The number of carbonyl (C=O) groups is 1. The number of rotatable bonds is 8. The highest BCUT2D eigenvalue weighted by Crippen LogP contribution is 2.20. The van der Waals surface area contributed by atoms with Gasteiger partial charge in [-0.05, 0) is 42.3 Å². The van der Waals surface area contributed by atoms with E-state index in [1.807, 2.05) is 24.3 Å². The Balaban J connectivity index is 2.51. The first kappa shape index (κ1) is 17.7. The first-order chi connectivity index (χ1) is 9.82. The molecular formula is C18H29NO2. The highest BCUT2D eigenvalue weighted by Gasteiger charge is 2.17. The molecule has 0 radical (unpaired) electrons. The molecule has 1 atom stereocenters. The van der Waals surface area contributed by atoms with Crippen LogP contribution in [-0.4, -0.2) is 17.6 Å². The highest BCUT2D eigenvalue weighted by atomic mass is 16.4. The number of benzene rings is 1. The summed E-state index contributed by atoms with van der Waals surface area (Å²) in [6.45, 7) is 12.7. The molecule has 0 spiro atoms. The van der Waals surface area contributed by atoms with Crippen molar-refractivity contribution in [2.75, 3.05) is 6.54 Å². The Bertz CT molecular complexity index is 429. The number of nitrogens with one attached hydrogen (secondary N) is 1. The van der Waals surface area contributed by atoms with Gasteiger partial charge in [-0.3, -0.25) is 4.79 Å². The van der Waals surface area contributed by atoms with Gasteiger partial charge in [0.25, 0.3) is 0 Å². The average molecular weight is 291 g/mol. The molecule has 1 aromatic carbocycles. The fourth-order valence-electron chi connectivity index (χ4n) is 2.69. The van der Waals surface area contributed by atoms with E-state index in [9.17, 15) is 4.79 Å². The summed E-state index contributed by atoms with van der Waals surface area (Å²) < 4.78 is 0. The summed E-state index contributed by atoms with van der Waals surface area (Å²) in [6.07, 6.45) is 0. The molecule has 0 fully saturated rings. The predicted molar refractivity (Wildman–Crippen MR) is 87.4 cm³/mol. The zero-order valence-electron chi connectivity index (χ0n) is 13.9. The van der Waals surface area contributed by atoms with Crippen molar-refractivity contribution in [1.82, 2.24) is 5.32 Å². The van der Waals surface area contributed by atoms with Crippen LogP contribution in [0.1, 0.15) is 51.7 Å². The van der Waals surface area contributed by atoms with Crippen LogP contribution in [-0.2, 0) is 11.3 Å². The minimum atomic E-state index is -0.780. The van der Waals surface area contributed by atoms with Gasteiger partial charge in [0.2, 0.25) is 0 Å². The van der Waals surface area contributed by atoms with Gasteiger partial charge in [0.15, 0.2) is 0 Å². The van der Waals surface area contributed by atoms with Crippen LogP contribution >= 0.6 is 0 Å². The summed E-state index contributed by atoms with van der Waals surface area (Å²) in [6, 6.07) is 7.86. The lowest BCUT2D eigenvalue weighted by molar-refractivity contribution is -0.138.